The van der Waals surface area contributed by atoms with Crippen LogP contribution in [0.4, 0.5) is 5.69 Å². The van der Waals surface area contributed by atoms with E-state index < -0.39 is 22.2 Å². The summed E-state index contributed by atoms with van der Waals surface area (Å²) in [7, 11) is -1.83. The van der Waals surface area contributed by atoms with Gasteiger partial charge in [0.1, 0.15) is 16.9 Å². The lowest BCUT2D eigenvalue weighted by atomic mass is 10.1. The van der Waals surface area contributed by atoms with E-state index in [-0.39, 0.29) is 0 Å². The molecule has 0 atom stereocenters. The lowest BCUT2D eigenvalue weighted by Gasteiger charge is -2.43. The summed E-state index contributed by atoms with van der Waals surface area (Å²) < 4.78 is 24.8. The van der Waals surface area contributed by atoms with Crippen molar-refractivity contribution in [1.82, 2.24) is 15.1 Å². The zero-order valence-corrected chi connectivity index (χ0v) is 20.9. The fourth-order valence-corrected chi connectivity index (χ4v) is 5.62. The minimum atomic E-state index is -3.40. The van der Waals surface area contributed by atoms with Crippen molar-refractivity contribution in [3.8, 4) is 16.9 Å². The van der Waals surface area contributed by atoms with Crippen molar-refractivity contribution >= 4 is 62.9 Å². The molecule has 5 N–H and O–H groups in total. The molecular formula is C22H20Cl3N5O3S. The molecule has 8 nitrogen and oxygen atoms in total. The molecule has 2 aliphatic rings. The van der Waals surface area contributed by atoms with Crippen LogP contribution in [-0.4, -0.2) is 37.4 Å². The van der Waals surface area contributed by atoms with Crippen LogP contribution in [0.1, 0.15) is 18.5 Å². The van der Waals surface area contributed by atoms with Crippen LogP contribution in [0.25, 0.3) is 22.6 Å². The third-order valence-corrected chi connectivity index (χ3v) is 8.29. The first-order valence-corrected chi connectivity index (χ1v) is 12.9. The van der Waals surface area contributed by atoms with Crippen molar-refractivity contribution in [2.45, 2.75) is 18.4 Å². The summed E-state index contributed by atoms with van der Waals surface area (Å²) >= 11 is 18.8. The summed E-state index contributed by atoms with van der Waals surface area (Å²) in [6.07, 6.45) is 1.08. The molecule has 3 aromatic rings. The third-order valence-electron chi connectivity index (χ3n) is 5.96. The average molecular weight is 541 g/mol. The predicted octanol–water partition coefficient (Wildman–Crippen LogP) is 5.52. The topological polar surface area (TPSA) is 117 Å². The summed E-state index contributed by atoms with van der Waals surface area (Å²) in [5.74, 6) is -0.511. The van der Waals surface area contributed by atoms with E-state index in [9.17, 15) is 13.9 Å². The van der Waals surface area contributed by atoms with E-state index in [1.165, 1.54) is 9.71 Å². The zero-order chi connectivity index (χ0) is 24.4. The quantitative estimate of drug-likeness (QED) is 0.338. The highest BCUT2D eigenvalue weighted by Crippen LogP contribution is 2.57. The SMILES string of the molecule is CN1c2c(nn(-c3ccc(Cl)cc3Cl)c2-c2ccc(Cl)cc2)C(NC2(C(N)=O)CC2)=CS1(O)O. The lowest BCUT2D eigenvalue weighted by Crippen LogP contribution is -2.43. The van der Waals surface area contributed by atoms with Gasteiger partial charge in [-0.2, -0.15) is 5.10 Å². The van der Waals surface area contributed by atoms with Crippen LogP contribution in [0.3, 0.4) is 0 Å². The largest absolute Gasteiger partial charge is 0.368 e. The first-order chi connectivity index (χ1) is 16.0. The highest BCUT2D eigenvalue weighted by Gasteiger charge is 2.50. The maximum Gasteiger partial charge on any atom is 0.243 e. The van der Waals surface area contributed by atoms with Crippen molar-refractivity contribution in [1.29, 1.82) is 0 Å². The van der Waals surface area contributed by atoms with Gasteiger partial charge in [-0.15, -0.1) is 0 Å². The second-order valence-corrected chi connectivity index (χ2v) is 11.4. The minimum absolute atomic E-state index is 0.309. The maximum absolute atomic E-state index is 12.1. The number of primary amides is 1. The van der Waals surface area contributed by atoms with Gasteiger partial charge in [0.15, 0.2) is 0 Å². The Labute approximate surface area is 212 Å². The Hall–Kier alpha value is -2.40. The predicted molar refractivity (Wildman–Crippen MR) is 138 cm³/mol. The number of halogens is 3. The van der Waals surface area contributed by atoms with Crippen LogP contribution in [0.15, 0.2) is 47.9 Å². The monoisotopic (exact) mass is 539 g/mol. The molecule has 1 amide bonds. The highest BCUT2D eigenvalue weighted by molar-refractivity contribution is 8.28. The Morgan fingerprint density at radius 1 is 1.12 bits per heavy atom. The van der Waals surface area contributed by atoms with E-state index >= 15 is 0 Å². The van der Waals surface area contributed by atoms with Crippen molar-refractivity contribution in [2.24, 2.45) is 5.73 Å². The summed E-state index contributed by atoms with van der Waals surface area (Å²) in [6, 6.07) is 12.1. The van der Waals surface area contributed by atoms with Gasteiger partial charge in [-0.05, 0) is 43.2 Å². The number of aromatic nitrogens is 2. The molecule has 12 heteroatoms. The molecule has 0 spiro atoms. The fraction of sp³-hybridized carbons (Fsp3) is 0.182. The number of hydrogen-bond donors (Lipinski definition) is 4. The van der Waals surface area contributed by atoms with Crippen molar-refractivity contribution in [2.75, 3.05) is 11.4 Å². The fourth-order valence-electron chi connectivity index (χ4n) is 3.92. The molecule has 0 saturated heterocycles. The number of nitrogens with one attached hydrogen (secondary N) is 1. The zero-order valence-electron chi connectivity index (χ0n) is 17.8. The first-order valence-electron chi connectivity index (χ1n) is 10.2. The third kappa shape index (κ3) is 3.82. The number of benzene rings is 2. The van der Waals surface area contributed by atoms with Crippen LogP contribution in [-0.2, 0) is 4.79 Å². The van der Waals surface area contributed by atoms with Gasteiger partial charge < -0.3 is 11.1 Å². The number of carbonyl (C=O) groups excluding carboxylic acids is 1. The molecule has 1 aliphatic carbocycles. The summed E-state index contributed by atoms with van der Waals surface area (Å²) in [5, 5.41) is 10.6. The molecule has 0 radical (unpaired) electrons. The number of hydrogen-bond acceptors (Lipinski definition) is 6. The van der Waals surface area contributed by atoms with E-state index in [0.717, 1.165) is 0 Å². The van der Waals surface area contributed by atoms with Gasteiger partial charge in [-0.25, -0.2) is 4.68 Å². The molecule has 178 valence electrons. The Morgan fingerprint density at radius 3 is 2.35 bits per heavy atom. The maximum atomic E-state index is 12.1. The van der Waals surface area contributed by atoms with Crippen molar-refractivity contribution in [3.63, 3.8) is 0 Å². The van der Waals surface area contributed by atoms with E-state index in [0.29, 0.717) is 61.9 Å². The molecule has 0 bridgehead atoms. The van der Waals surface area contributed by atoms with Gasteiger partial charge in [-0.1, -0.05) is 57.7 Å². The molecule has 1 fully saturated rings. The Bertz CT molecular complexity index is 1350. The van der Waals surface area contributed by atoms with Gasteiger partial charge in [0, 0.05) is 22.7 Å². The van der Waals surface area contributed by atoms with E-state index in [1.54, 1.807) is 54.2 Å². The average Bonchev–Trinajstić information content (AvgIpc) is 3.45. The standard InChI is InChI=1S/C22H20Cl3N5O3S/c1-29-20-18(16(11-34(29,32)33)27-22(8-9-22)21(26)31)28-30(17-7-6-14(24)10-15(17)25)19(20)12-2-4-13(23)5-3-12/h2-7,10-11,27,32-33H,8-9H2,1H3,(H2,26,31). The number of amides is 1. The number of nitrogens with two attached hydrogens (primary N) is 1. The Kier molecular flexibility index (Phi) is 5.55. The highest BCUT2D eigenvalue weighted by atomic mass is 35.5. The lowest BCUT2D eigenvalue weighted by molar-refractivity contribution is -0.120. The number of carbonyl (C=O) groups is 1. The van der Waals surface area contributed by atoms with E-state index in [1.807, 2.05) is 0 Å². The van der Waals surface area contributed by atoms with E-state index in [2.05, 4.69) is 5.32 Å². The molecule has 0 unspecified atom stereocenters. The summed E-state index contributed by atoms with van der Waals surface area (Å²) in [5.41, 5.74) is 7.62. The minimum Gasteiger partial charge on any atom is -0.368 e. The van der Waals surface area contributed by atoms with Gasteiger partial charge in [0.2, 0.25) is 5.91 Å². The van der Waals surface area contributed by atoms with Crippen LogP contribution in [0.5, 0.6) is 0 Å². The first kappa shape index (κ1) is 23.3. The van der Waals surface area contributed by atoms with Crippen LogP contribution < -0.4 is 15.4 Å². The van der Waals surface area contributed by atoms with Crippen molar-refractivity contribution in [3.05, 3.63) is 68.6 Å². The number of nitrogens with zero attached hydrogens (tertiary/aromatic N) is 3. The molecule has 2 heterocycles. The van der Waals surface area contributed by atoms with Crippen LogP contribution in [0.2, 0.25) is 15.1 Å². The molecule has 2 aromatic carbocycles. The molecule has 1 aromatic heterocycles. The van der Waals surface area contributed by atoms with E-state index in [4.69, 9.17) is 45.6 Å². The molecule has 34 heavy (non-hydrogen) atoms. The van der Waals surface area contributed by atoms with Crippen LogP contribution >= 0.6 is 45.6 Å². The number of anilines is 1. The van der Waals surface area contributed by atoms with Gasteiger partial charge in [-0.3, -0.25) is 18.2 Å². The number of rotatable bonds is 5. The normalized spacial score (nSPS) is 18.6. The van der Waals surface area contributed by atoms with Crippen LogP contribution in [0, 0.1) is 0 Å². The van der Waals surface area contributed by atoms with Crippen molar-refractivity contribution < 1.29 is 13.9 Å². The summed E-state index contributed by atoms with van der Waals surface area (Å²) in [4.78, 5) is 12.1. The second kappa shape index (κ2) is 8.08. The summed E-state index contributed by atoms with van der Waals surface area (Å²) in [6.45, 7) is 0. The number of fused-ring (bicyclic) bond motifs is 1. The molecule has 5 rings (SSSR count). The van der Waals surface area contributed by atoms with Gasteiger partial charge in [0.25, 0.3) is 0 Å². The Balaban J connectivity index is 1.78. The Morgan fingerprint density at radius 2 is 1.76 bits per heavy atom. The smallest absolute Gasteiger partial charge is 0.243 e. The molecule has 1 saturated carbocycles. The second-order valence-electron chi connectivity index (χ2n) is 8.22. The molecular weight excluding hydrogens is 521 g/mol. The van der Waals surface area contributed by atoms with Gasteiger partial charge >= 0.3 is 0 Å². The van der Waals surface area contributed by atoms with Gasteiger partial charge in [0.05, 0.1) is 27.5 Å². The molecule has 1 aliphatic heterocycles.